The van der Waals surface area contributed by atoms with Gasteiger partial charge in [0.05, 0.1) is 16.1 Å². The van der Waals surface area contributed by atoms with Crippen molar-refractivity contribution in [1.82, 2.24) is 0 Å². The zero-order chi connectivity index (χ0) is 25.3. The highest BCUT2D eigenvalue weighted by Gasteiger charge is 2.24. The topological polar surface area (TPSA) is 90.0 Å². The second kappa shape index (κ2) is 9.62. The molecule has 1 aliphatic rings. The van der Waals surface area contributed by atoms with Crippen molar-refractivity contribution in [3.63, 3.8) is 0 Å². The maximum absolute atomic E-state index is 12.9. The SMILES string of the molecule is Cc1ccc(S(=O)(=O)Nc2ccc(N3CCN(c4cccc(C)c4C)CC3)c(C(=O)O)c2)c(C)c1. The van der Waals surface area contributed by atoms with Crippen LogP contribution < -0.4 is 14.5 Å². The summed E-state index contributed by atoms with van der Waals surface area (Å²) in [5.74, 6) is -1.09. The Balaban J connectivity index is 1.54. The van der Waals surface area contributed by atoms with Crippen LogP contribution in [-0.2, 0) is 10.0 Å². The maximum Gasteiger partial charge on any atom is 0.337 e. The van der Waals surface area contributed by atoms with E-state index in [0.717, 1.165) is 18.7 Å². The van der Waals surface area contributed by atoms with Crippen LogP contribution in [0.15, 0.2) is 59.5 Å². The first kappa shape index (κ1) is 24.6. The van der Waals surface area contributed by atoms with Crippen LogP contribution in [0.3, 0.4) is 0 Å². The average molecular weight is 494 g/mol. The van der Waals surface area contributed by atoms with Gasteiger partial charge in [0.15, 0.2) is 0 Å². The monoisotopic (exact) mass is 493 g/mol. The van der Waals surface area contributed by atoms with Crippen LogP contribution in [-0.4, -0.2) is 45.7 Å². The predicted molar refractivity (Wildman–Crippen MR) is 140 cm³/mol. The van der Waals surface area contributed by atoms with Crippen molar-refractivity contribution >= 4 is 33.1 Å². The van der Waals surface area contributed by atoms with Crippen LogP contribution in [0.1, 0.15) is 32.6 Å². The number of carboxylic acid groups (broad SMARTS) is 1. The van der Waals surface area contributed by atoms with Crippen LogP contribution in [0.5, 0.6) is 0 Å². The van der Waals surface area contributed by atoms with Crippen LogP contribution in [0.4, 0.5) is 17.1 Å². The molecule has 1 fully saturated rings. The summed E-state index contributed by atoms with van der Waals surface area (Å²) in [6, 6.07) is 16.1. The molecule has 3 aromatic rings. The van der Waals surface area contributed by atoms with E-state index in [1.165, 1.54) is 22.9 Å². The van der Waals surface area contributed by atoms with Crippen molar-refractivity contribution in [2.24, 2.45) is 0 Å². The molecule has 0 radical (unpaired) electrons. The molecular weight excluding hydrogens is 462 g/mol. The summed E-state index contributed by atoms with van der Waals surface area (Å²) in [7, 11) is -3.85. The van der Waals surface area contributed by atoms with Crippen molar-refractivity contribution in [2.45, 2.75) is 32.6 Å². The predicted octanol–water partition coefficient (Wildman–Crippen LogP) is 4.75. The molecule has 1 saturated heterocycles. The number of hydrogen-bond donors (Lipinski definition) is 2. The Hall–Kier alpha value is -3.52. The molecule has 0 spiro atoms. The summed E-state index contributed by atoms with van der Waals surface area (Å²) in [5.41, 5.74) is 6.20. The van der Waals surface area contributed by atoms with Crippen LogP contribution in [0, 0.1) is 27.7 Å². The highest BCUT2D eigenvalue weighted by atomic mass is 32.2. The van der Waals surface area contributed by atoms with Crippen molar-refractivity contribution in [1.29, 1.82) is 0 Å². The van der Waals surface area contributed by atoms with E-state index in [1.807, 2.05) is 11.8 Å². The lowest BCUT2D eigenvalue weighted by Crippen LogP contribution is -2.47. The van der Waals surface area contributed by atoms with Crippen molar-refractivity contribution in [3.8, 4) is 0 Å². The molecule has 0 saturated carbocycles. The fourth-order valence-electron chi connectivity index (χ4n) is 4.62. The molecule has 0 bridgehead atoms. The van der Waals surface area contributed by atoms with Crippen molar-refractivity contribution in [3.05, 3.63) is 82.4 Å². The van der Waals surface area contributed by atoms with Gasteiger partial charge in [0.1, 0.15) is 0 Å². The van der Waals surface area contributed by atoms with E-state index in [1.54, 1.807) is 37.3 Å². The molecule has 184 valence electrons. The van der Waals surface area contributed by atoms with Gasteiger partial charge in [-0.05, 0) is 74.7 Å². The number of rotatable bonds is 6. The van der Waals surface area contributed by atoms with Gasteiger partial charge in [0.25, 0.3) is 10.0 Å². The molecule has 7 nitrogen and oxygen atoms in total. The second-order valence-corrected chi connectivity index (χ2v) is 10.8. The Morgan fingerprint density at radius 3 is 2.11 bits per heavy atom. The number of benzene rings is 3. The lowest BCUT2D eigenvalue weighted by Gasteiger charge is -2.38. The lowest BCUT2D eigenvalue weighted by atomic mass is 10.1. The first-order valence-electron chi connectivity index (χ1n) is 11.6. The highest BCUT2D eigenvalue weighted by molar-refractivity contribution is 7.92. The van der Waals surface area contributed by atoms with E-state index in [4.69, 9.17) is 0 Å². The average Bonchev–Trinajstić information content (AvgIpc) is 2.80. The molecule has 0 atom stereocenters. The summed E-state index contributed by atoms with van der Waals surface area (Å²) >= 11 is 0. The minimum absolute atomic E-state index is 0.0750. The smallest absolute Gasteiger partial charge is 0.337 e. The summed E-state index contributed by atoms with van der Waals surface area (Å²) in [4.78, 5) is 16.6. The molecule has 0 aliphatic carbocycles. The number of aromatic carboxylic acids is 1. The molecule has 0 amide bonds. The third kappa shape index (κ3) is 5.12. The Labute approximate surface area is 207 Å². The molecule has 1 aliphatic heterocycles. The molecular formula is C27H31N3O4S. The number of carbonyl (C=O) groups is 1. The third-order valence-corrected chi connectivity index (χ3v) is 8.18. The minimum Gasteiger partial charge on any atom is -0.478 e. The molecule has 4 rings (SSSR count). The fraction of sp³-hybridized carbons (Fsp3) is 0.296. The molecule has 35 heavy (non-hydrogen) atoms. The number of nitrogens with one attached hydrogen (secondary N) is 1. The first-order chi connectivity index (χ1) is 16.6. The van der Waals surface area contributed by atoms with E-state index in [0.29, 0.717) is 24.3 Å². The molecule has 1 heterocycles. The fourth-order valence-corrected chi connectivity index (χ4v) is 5.90. The second-order valence-electron chi connectivity index (χ2n) is 9.10. The van der Waals surface area contributed by atoms with Gasteiger partial charge in [-0.15, -0.1) is 0 Å². The van der Waals surface area contributed by atoms with Gasteiger partial charge in [0, 0.05) is 37.6 Å². The number of nitrogens with zero attached hydrogens (tertiary/aromatic N) is 2. The standard InChI is InChI=1S/C27H31N3O4S/c1-18-8-11-26(20(3)16-18)35(33,34)28-22-9-10-25(23(17-22)27(31)32)30-14-12-29(13-15-30)24-7-5-6-19(2)21(24)4/h5-11,16-17,28H,12-15H2,1-4H3,(H,31,32). The normalized spacial score (nSPS) is 14.2. The van der Waals surface area contributed by atoms with Gasteiger partial charge < -0.3 is 14.9 Å². The Kier molecular flexibility index (Phi) is 6.76. The zero-order valence-electron chi connectivity index (χ0n) is 20.5. The summed E-state index contributed by atoms with van der Waals surface area (Å²) in [5, 5.41) is 9.89. The van der Waals surface area contributed by atoms with Crippen LogP contribution in [0.25, 0.3) is 0 Å². The van der Waals surface area contributed by atoms with E-state index in [-0.39, 0.29) is 16.1 Å². The van der Waals surface area contributed by atoms with Crippen molar-refractivity contribution in [2.75, 3.05) is 40.7 Å². The van der Waals surface area contributed by atoms with Crippen LogP contribution in [0.2, 0.25) is 0 Å². The van der Waals surface area contributed by atoms with E-state index < -0.39 is 16.0 Å². The number of sulfonamides is 1. The Morgan fingerprint density at radius 2 is 1.49 bits per heavy atom. The van der Waals surface area contributed by atoms with Crippen molar-refractivity contribution < 1.29 is 18.3 Å². The molecule has 0 aromatic heterocycles. The van der Waals surface area contributed by atoms with Gasteiger partial charge in [-0.1, -0.05) is 29.8 Å². The van der Waals surface area contributed by atoms with Gasteiger partial charge >= 0.3 is 5.97 Å². The molecule has 3 aromatic carbocycles. The molecule has 0 unspecified atom stereocenters. The summed E-state index contributed by atoms with van der Waals surface area (Å²) in [6.07, 6.45) is 0. The van der Waals surface area contributed by atoms with Crippen LogP contribution >= 0.6 is 0 Å². The largest absolute Gasteiger partial charge is 0.478 e. The van der Waals surface area contributed by atoms with Gasteiger partial charge in [-0.25, -0.2) is 13.2 Å². The van der Waals surface area contributed by atoms with Gasteiger partial charge in [0.2, 0.25) is 0 Å². The van der Waals surface area contributed by atoms with Gasteiger partial charge in [-0.3, -0.25) is 4.72 Å². The Morgan fingerprint density at radius 1 is 0.829 bits per heavy atom. The molecule has 8 heteroatoms. The Bertz CT molecular complexity index is 1380. The molecule has 2 N–H and O–H groups in total. The van der Waals surface area contributed by atoms with E-state index in [9.17, 15) is 18.3 Å². The number of hydrogen-bond acceptors (Lipinski definition) is 5. The zero-order valence-corrected chi connectivity index (χ0v) is 21.3. The maximum atomic E-state index is 12.9. The first-order valence-corrected chi connectivity index (χ1v) is 13.1. The van der Waals surface area contributed by atoms with E-state index >= 15 is 0 Å². The summed E-state index contributed by atoms with van der Waals surface area (Å²) < 4.78 is 28.4. The third-order valence-electron chi connectivity index (χ3n) is 6.64. The van der Waals surface area contributed by atoms with Gasteiger partial charge in [-0.2, -0.15) is 0 Å². The number of anilines is 3. The van der Waals surface area contributed by atoms with E-state index in [2.05, 4.69) is 41.7 Å². The quantitative estimate of drug-likeness (QED) is 0.515. The number of carboxylic acids is 1. The number of aryl methyl sites for hydroxylation is 3. The number of piperazine rings is 1. The summed E-state index contributed by atoms with van der Waals surface area (Å²) in [6.45, 7) is 10.7. The highest BCUT2D eigenvalue weighted by Crippen LogP contribution is 2.30. The lowest BCUT2D eigenvalue weighted by molar-refractivity contribution is 0.0697. The minimum atomic E-state index is -3.85.